The van der Waals surface area contributed by atoms with Crippen LogP contribution in [0.2, 0.25) is 5.15 Å². The van der Waals surface area contributed by atoms with Crippen molar-refractivity contribution in [2.45, 2.75) is 0 Å². The van der Waals surface area contributed by atoms with E-state index in [1.54, 1.807) is 5.38 Å². The molecule has 0 spiro atoms. The molecule has 0 radical (unpaired) electrons. The average molecular weight is 273 g/mol. The SMILES string of the molecule is O=C(O)c1ccc(Nc2nc(Cl)cs2)c(F)c1. The van der Waals surface area contributed by atoms with Gasteiger partial charge in [-0.3, -0.25) is 0 Å². The third-order valence-corrected chi connectivity index (χ3v) is 3.01. The van der Waals surface area contributed by atoms with Crippen molar-refractivity contribution in [3.05, 3.63) is 40.1 Å². The second kappa shape index (κ2) is 4.68. The van der Waals surface area contributed by atoms with Crippen molar-refractivity contribution in [1.29, 1.82) is 0 Å². The quantitative estimate of drug-likeness (QED) is 0.899. The molecular weight excluding hydrogens is 267 g/mol. The molecule has 4 nitrogen and oxygen atoms in total. The minimum absolute atomic E-state index is 0.106. The lowest BCUT2D eigenvalue weighted by molar-refractivity contribution is 0.0696. The first-order valence-electron chi connectivity index (χ1n) is 4.47. The third-order valence-electron chi connectivity index (χ3n) is 1.93. The van der Waals surface area contributed by atoms with Crippen molar-refractivity contribution in [2.24, 2.45) is 0 Å². The normalized spacial score (nSPS) is 10.2. The van der Waals surface area contributed by atoms with Crippen LogP contribution < -0.4 is 5.32 Å². The first-order valence-corrected chi connectivity index (χ1v) is 5.73. The second-order valence-electron chi connectivity index (χ2n) is 3.10. The lowest BCUT2D eigenvalue weighted by Gasteiger charge is -2.04. The number of hydrogen-bond donors (Lipinski definition) is 2. The van der Waals surface area contributed by atoms with Crippen LogP contribution in [0.4, 0.5) is 15.2 Å². The highest BCUT2D eigenvalue weighted by atomic mass is 35.5. The molecule has 0 aliphatic carbocycles. The van der Waals surface area contributed by atoms with Crippen LogP contribution in [0.3, 0.4) is 0 Å². The first-order chi connectivity index (χ1) is 8.06. The molecule has 0 saturated heterocycles. The molecule has 88 valence electrons. The number of halogens is 2. The van der Waals surface area contributed by atoms with Crippen molar-refractivity contribution < 1.29 is 14.3 Å². The van der Waals surface area contributed by atoms with Gasteiger partial charge < -0.3 is 10.4 Å². The number of aromatic nitrogens is 1. The van der Waals surface area contributed by atoms with Crippen LogP contribution in [0, 0.1) is 5.82 Å². The molecule has 0 unspecified atom stereocenters. The Bertz CT molecular complexity index is 573. The minimum Gasteiger partial charge on any atom is -0.478 e. The van der Waals surface area contributed by atoms with Gasteiger partial charge in [-0.05, 0) is 18.2 Å². The highest BCUT2D eigenvalue weighted by Gasteiger charge is 2.09. The summed E-state index contributed by atoms with van der Waals surface area (Å²) < 4.78 is 13.5. The molecule has 7 heteroatoms. The Morgan fingerprint density at radius 3 is 2.82 bits per heavy atom. The van der Waals surface area contributed by atoms with E-state index in [0.717, 1.165) is 6.07 Å². The fraction of sp³-hybridized carbons (Fsp3) is 0. The van der Waals surface area contributed by atoms with Gasteiger partial charge in [0, 0.05) is 5.38 Å². The molecule has 0 aliphatic rings. The van der Waals surface area contributed by atoms with Gasteiger partial charge >= 0.3 is 5.97 Å². The van der Waals surface area contributed by atoms with Crippen LogP contribution in [-0.4, -0.2) is 16.1 Å². The number of carboxylic acids is 1. The maximum atomic E-state index is 13.5. The highest BCUT2D eigenvalue weighted by molar-refractivity contribution is 7.14. The average Bonchev–Trinajstić information content (AvgIpc) is 2.67. The van der Waals surface area contributed by atoms with Crippen LogP contribution in [0.1, 0.15) is 10.4 Å². The van der Waals surface area contributed by atoms with Gasteiger partial charge in [-0.2, -0.15) is 0 Å². The number of rotatable bonds is 3. The van der Waals surface area contributed by atoms with E-state index in [-0.39, 0.29) is 11.3 Å². The molecule has 2 N–H and O–H groups in total. The maximum absolute atomic E-state index is 13.5. The second-order valence-corrected chi connectivity index (χ2v) is 4.35. The van der Waals surface area contributed by atoms with Crippen LogP contribution in [-0.2, 0) is 0 Å². The predicted molar refractivity (Wildman–Crippen MR) is 63.8 cm³/mol. The fourth-order valence-corrected chi connectivity index (χ4v) is 2.03. The Kier molecular flexibility index (Phi) is 3.26. The molecule has 1 aromatic carbocycles. The van der Waals surface area contributed by atoms with E-state index in [2.05, 4.69) is 10.3 Å². The molecule has 1 heterocycles. The Labute approximate surface area is 105 Å². The van der Waals surface area contributed by atoms with Crippen LogP contribution in [0.25, 0.3) is 0 Å². The Morgan fingerprint density at radius 1 is 1.53 bits per heavy atom. The zero-order valence-corrected chi connectivity index (χ0v) is 9.85. The van der Waals surface area contributed by atoms with E-state index in [4.69, 9.17) is 16.7 Å². The maximum Gasteiger partial charge on any atom is 0.335 e. The molecule has 2 rings (SSSR count). The monoisotopic (exact) mass is 272 g/mol. The van der Waals surface area contributed by atoms with Crippen molar-refractivity contribution in [3.63, 3.8) is 0 Å². The summed E-state index contributed by atoms with van der Waals surface area (Å²) in [5.41, 5.74) is 0.0474. The van der Waals surface area contributed by atoms with Gasteiger partial charge in [0.2, 0.25) is 0 Å². The van der Waals surface area contributed by atoms with E-state index in [1.807, 2.05) is 0 Å². The van der Waals surface area contributed by atoms with Gasteiger partial charge in [0.15, 0.2) is 5.13 Å². The standard InChI is InChI=1S/C10H6ClFN2O2S/c11-8-4-17-10(14-8)13-7-2-1-5(9(15)16)3-6(7)12/h1-4H,(H,13,14)(H,15,16). The summed E-state index contributed by atoms with van der Waals surface area (Å²) in [4.78, 5) is 14.5. The number of thiazole rings is 1. The van der Waals surface area contributed by atoms with Crippen molar-refractivity contribution in [1.82, 2.24) is 4.98 Å². The van der Waals surface area contributed by atoms with E-state index in [1.165, 1.54) is 23.5 Å². The molecule has 0 bridgehead atoms. The molecule has 17 heavy (non-hydrogen) atoms. The van der Waals surface area contributed by atoms with Gasteiger partial charge in [-0.25, -0.2) is 14.2 Å². The molecule has 0 atom stereocenters. The number of nitrogens with one attached hydrogen (secondary N) is 1. The summed E-state index contributed by atoms with van der Waals surface area (Å²) in [5.74, 6) is -1.83. The summed E-state index contributed by atoms with van der Waals surface area (Å²) in [6.45, 7) is 0. The van der Waals surface area contributed by atoms with Crippen molar-refractivity contribution >= 4 is 39.7 Å². The minimum atomic E-state index is -1.17. The van der Waals surface area contributed by atoms with E-state index in [0.29, 0.717) is 10.3 Å². The Hall–Kier alpha value is -1.66. The van der Waals surface area contributed by atoms with Gasteiger partial charge in [-0.1, -0.05) is 11.6 Å². The van der Waals surface area contributed by atoms with Crippen molar-refractivity contribution in [3.8, 4) is 0 Å². The lowest BCUT2D eigenvalue weighted by Crippen LogP contribution is -1.99. The van der Waals surface area contributed by atoms with Gasteiger partial charge in [0.1, 0.15) is 11.0 Å². The smallest absolute Gasteiger partial charge is 0.335 e. The lowest BCUT2D eigenvalue weighted by atomic mass is 10.2. The summed E-state index contributed by atoms with van der Waals surface area (Å²) in [6, 6.07) is 3.59. The molecule has 0 aliphatic heterocycles. The number of nitrogens with zero attached hydrogens (tertiary/aromatic N) is 1. The number of benzene rings is 1. The van der Waals surface area contributed by atoms with E-state index >= 15 is 0 Å². The van der Waals surface area contributed by atoms with Crippen LogP contribution >= 0.6 is 22.9 Å². The molecule has 0 fully saturated rings. The van der Waals surface area contributed by atoms with E-state index in [9.17, 15) is 9.18 Å². The van der Waals surface area contributed by atoms with Crippen molar-refractivity contribution in [2.75, 3.05) is 5.32 Å². The molecule has 0 saturated carbocycles. The highest BCUT2D eigenvalue weighted by Crippen LogP contribution is 2.25. The van der Waals surface area contributed by atoms with E-state index < -0.39 is 11.8 Å². The largest absolute Gasteiger partial charge is 0.478 e. The number of anilines is 2. The summed E-state index contributed by atoms with van der Waals surface area (Å²) in [7, 11) is 0. The topological polar surface area (TPSA) is 62.2 Å². The number of carboxylic acid groups (broad SMARTS) is 1. The molecule has 0 amide bonds. The van der Waals surface area contributed by atoms with Crippen LogP contribution in [0.5, 0.6) is 0 Å². The zero-order valence-electron chi connectivity index (χ0n) is 8.28. The fourth-order valence-electron chi connectivity index (χ4n) is 1.18. The van der Waals surface area contributed by atoms with Gasteiger partial charge in [0.05, 0.1) is 11.3 Å². The summed E-state index contributed by atoms with van der Waals surface area (Å²) in [5, 5.41) is 13.8. The zero-order chi connectivity index (χ0) is 12.4. The predicted octanol–water partition coefficient (Wildman–Crippen LogP) is 3.38. The Balaban J connectivity index is 2.25. The van der Waals surface area contributed by atoms with Crippen LogP contribution in [0.15, 0.2) is 23.6 Å². The molecule has 2 aromatic rings. The number of carbonyl (C=O) groups is 1. The molecular formula is C10H6ClFN2O2S. The summed E-state index contributed by atoms with van der Waals surface area (Å²) >= 11 is 6.85. The molecule has 1 aromatic heterocycles. The third kappa shape index (κ3) is 2.72. The number of hydrogen-bond acceptors (Lipinski definition) is 4. The Morgan fingerprint density at radius 2 is 2.29 bits per heavy atom. The summed E-state index contributed by atoms with van der Waals surface area (Å²) in [6.07, 6.45) is 0. The van der Waals surface area contributed by atoms with Gasteiger partial charge in [0.25, 0.3) is 0 Å². The first kappa shape index (κ1) is 11.8. The van der Waals surface area contributed by atoms with Gasteiger partial charge in [-0.15, -0.1) is 11.3 Å². The number of aromatic carboxylic acids is 1.